The molecule has 70 valence electrons. The maximum atomic E-state index is 13.4. The van der Waals surface area contributed by atoms with E-state index in [1.54, 1.807) is 6.07 Å². The number of nitrogens with one attached hydrogen (secondary N) is 1. The minimum Gasteiger partial charge on any atom is -0.381 e. The van der Waals surface area contributed by atoms with Crippen molar-refractivity contribution < 1.29 is 4.39 Å². The van der Waals surface area contributed by atoms with Gasteiger partial charge < -0.3 is 10.2 Å². The van der Waals surface area contributed by atoms with Crippen molar-refractivity contribution in [2.45, 2.75) is 13.0 Å². The van der Waals surface area contributed by atoms with Crippen molar-refractivity contribution in [2.75, 3.05) is 23.8 Å². The van der Waals surface area contributed by atoms with E-state index in [9.17, 15) is 4.39 Å². The zero-order valence-corrected chi connectivity index (χ0v) is 7.84. The standard InChI is InChI=1S/C10H13FN2/c1-7-6-12-9-5-3-4-8(11)10(9)13(7)2/h3-5,7,12H,6H2,1-2H3. The Kier molecular flexibility index (Phi) is 1.87. The number of rotatable bonds is 0. The van der Waals surface area contributed by atoms with Crippen LogP contribution in [-0.2, 0) is 0 Å². The van der Waals surface area contributed by atoms with Crippen LogP contribution in [0, 0.1) is 5.82 Å². The minimum absolute atomic E-state index is 0.154. The molecule has 0 saturated carbocycles. The van der Waals surface area contributed by atoms with Gasteiger partial charge in [0, 0.05) is 19.6 Å². The molecular weight excluding hydrogens is 167 g/mol. The number of hydrogen-bond donors (Lipinski definition) is 1. The summed E-state index contributed by atoms with van der Waals surface area (Å²) < 4.78 is 13.4. The predicted molar refractivity (Wildman–Crippen MR) is 52.8 cm³/mol. The SMILES string of the molecule is CC1CNc2cccc(F)c2N1C. The van der Waals surface area contributed by atoms with Crippen LogP contribution in [0.5, 0.6) is 0 Å². The average Bonchev–Trinajstić information content (AvgIpc) is 2.12. The first kappa shape index (κ1) is 8.35. The summed E-state index contributed by atoms with van der Waals surface area (Å²) in [6, 6.07) is 5.46. The van der Waals surface area contributed by atoms with E-state index in [1.807, 2.05) is 18.0 Å². The molecular formula is C10H13FN2. The lowest BCUT2D eigenvalue weighted by atomic mass is 10.1. The largest absolute Gasteiger partial charge is 0.381 e. The first-order chi connectivity index (χ1) is 6.20. The van der Waals surface area contributed by atoms with Crippen molar-refractivity contribution in [3.05, 3.63) is 24.0 Å². The number of benzene rings is 1. The second-order valence-electron chi connectivity index (χ2n) is 3.48. The van der Waals surface area contributed by atoms with Gasteiger partial charge in [0.25, 0.3) is 0 Å². The van der Waals surface area contributed by atoms with Gasteiger partial charge in [-0.2, -0.15) is 0 Å². The molecule has 1 aromatic rings. The summed E-state index contributed by atoms with van der Waals surface area (Å²) in [5.41, 5.74) is 1.57. The fraction of sp³-hybridized carbons (Fsp3) is 0.400. The molecule has 0 spiro atoms. The van der Waals surface area contributed by atoms with Crippen LogP contribution in [0.3, 0.4) is 0 Å². The van der Waals surface area contributed by atoms with Crippen LogP contribution in [0.25, 0.3) is 0 Å². The Morgan fingerprint density at radius 2 is 2.31 bits per heavy atom. The quantitative estimate of drug-likeness (QED) is 0.657. The summed E-state index contributed by atoms with van der Waals surface area (Å²) in [5, 5.41) is 3.20. The van der Waals surface area contributed by atoms with Crippen LogP contribution in [0.1, 0.15) is 6.92 Å². The third kappa shape index (κ3) is 1.24. The van der Waals surface area contributed by atoms with Crippen LogP contribution < -0.4 is 10.2 Å². The highest BCUT2D eigenvalue weighted by Gasteiger charge is 2.21. The lowest BCUT2D eigenvalue weighted by Gasteiger charge is -2.34. The number of halogens is 1. The summed E-state index contributed by atoms with van der Waals surface area (Å²) in [4.78, 5) is 1.97. The average molecular weight is 180 g/mol. The Morgan fingerprint density at radius 3 is 3.08 bits per heavy atom. The molecule has 2 rings (SSSR count). The molecule has 3 heteroatoms. The monoisotopic (exact) mass is 180 g/mol. The molecule has 0 radical (unpaired) electrons. The Hall–Kier alpha value is -1.25. The smallest absolute Gasteiger partial charge is 0.148 e. The molecule has 0 amide bonds. The number of para-hydroxylation sites is 1. The van der Waals surface area contributed by atoms with Gasteiger partial charge in [0.1, 0.15) is 5.82 Å². The van der Waals surface area contributed by atoms with Crippen molar-refractivity contribution in [1.29, 1.82) is 0 Å². The third-order valence-electron chi connectivity index (χ3n) is 2.59. The number of likely N-dealkylation sites (N-methyl/N-ethyl adjacent to an activating group) is 1. The molecule has 1 aliphatic heterocycles. The zero-order valence-electron chi connectivity index (χ0n) is 7.84. The Labute approximate surface area is 77.4 Å². The van der Waals surface area contributed by atoms with E-state index in [4.69, 9.17) is 0 Å². The van der Waals surface area contributed by atoms with Crippen molar-refractivity contribution in [2.24, 2.45) is 0 Å². The molecule has 0 aliphatic carbocycles. The molecule has 1 aliphatic rings. The number of nitrogens with zero attached hydrogens (tertiary/aromatic N) is 1. The topological polar surface area (TPSA) is 15.3 Å². The maximum Gasteiger partial charge on any atom is 0.148 e. The third-order valence-corrected chi connectivity index (χ3v) is 2.59. The lowest BCUT2D eigenvalue weighted by molar-refractivity contribution is 0.603. The van der Waals surface area contributed by atoms with E-state index >= 15 is 0 Å². The van der Waals surface area contributed by atoms with E-state index in [0.29, 0.717) is 11.7 Å². The van der Waals surface area contributed by atoms with Crippen LogP contribution in [0.2, 0.25) is 0 Å². The Morgan fingerprint density at radius 1 is 1.54 bits per heavy atom. The first-order valence-electron chi connectivity index (χ1n) is 4.45. The van der Waals surface area contributed by atoms with Gasteiger partial charge in [-0.1, -0.05) is 6.07 Å². The van der Waals surface area contributed by atoms with Gasteiger partial charge in [-0.05, 0) is 19.1 Å². The van der Waals surface area contributed by atoms with Gasteiger partial charge in [-0.25, -0.2) is 4.39 Å². The molecule has 1 heterocycles. The van der Waals surface area contributed by atoms with Crippen LogP contribution in [-0.4, -0.2) is 19.6 Å². The van der Waals surface area contributed by atoms with Crippen molar-refractivity contribution in [1.82, 2.24) is 0 Å². The molecule has 13 heavy (non-hydrogen) atoms. The molecule has 1 N–H and O–H groups in total. The van der Waals surface area contributed by atoms with Gasteiger partial charge >= 0.3 is 0 Å². The summed E-state index contributed by atoms with van der Waals surface area (Å²) in [6.45, 7) is 2.94. The summed E-state index contributed by atoms with van der Waals surface area (Å²) in [5.74, 6) is -0.154. The summed E-state index contributed by atoms with van der Waals surface area (Å²) in [7, 11) is 1.92. The van der Waals surface area contributed by atoms with E-state index in [2.05, 4.69) is 12.2 Å². The molecule has 0 fully saturated rings. The molecule has 0 saturated heterocycles. The molecule has 2 nitrogen and oxygen atoms in total. The van der Waals surface area contributed by atoms with E-state index < -0.39 is 0 Å². The minimum atomic E-state index is -0.154. The van der Waals surface area contributed by atoms with Gasteiger partial charge in [-0.3, -0.25) is 0 Å². The maximum absolute atomic E-state index is 13.4. The highest BCUT2D eigenvalue weighted by molar-refractivity contribution is 5.72. The molecule has 1 unspecified atom stereocenters. The Balaban J connectivity index is 2.51. The fourth-order valence-corrected chi connectivity index (χ4v) is 1.63. The van der Waals surface area contributed by atoms with Gasteiger partial charge in [0.05, 0.1) is 11.4 Å². The predicted octanol–water partition coefficient (Wildman–Crippen LogP) is 2.08. The van der Waals surface area contributed by atoms with Gasteiger partial charge in [-0.15, -0.1) is 0 Å². The molecule has 0 bridgehead atoms. The number of hydrogen-bond acceptors (Lipinski definition) is 2. The number of fused-ring (bicyclic) bond motifs is 1. The normalized spacial score (nSPS) is 20.8. The Bertz CT molecular complexity index is 325. The molecule has 1 aromatic carbocycles. The van der Waals surface area contributed by atoms with Crippen molar-refractivity contribution >= 4 is 11.4 Å². The van der Waals surface area contributed by atoms with Crippen molar-refractivity contribution in [3.63, 3.8) is 0 Å². The summed E-state index contributed by atoms with van der Waals surface area (Å²) >= 11 is 0. The van der Waals surface area contributed by atoms with E-state index in [0.717, 1.165) is 12.2 Å². The molecule has 0 aromatic heterocycles. The zero-order chi connectivity index (χ0) is 9.42. The van der Waals surface area contributed by atoms with Crippen molar-refractivity contribution in [3.8, 4) is 0 Å². The second kappa shape index (κ2) is 2.91. The first-order valence-corrected chi connectivity index (χ1v) is 4.45. The van der Waals surface area contributed by atoms with E-state index in [-0.39, 0.29) is 5.82 Å². The fourth-order valence-electron chi connectivity index (χ4n) is 1.63. The highest BCUT2D eigenvalue weighted by Crippen LogP contribution is 2.32. The van der Waals surface area contributed by atoms with Gasteiger partial charge in [0.15, 0.2) is 0 Å². The van der Waals surface area contributed by atoms with Gasteiger partial charge in [0.2, 0.25) is 0 Å². The van der Waals surface area contributed by atoms with Crippen LogP contribution in [0.15, 0.2) is 18.2 Å². The van der Waals surface area contributed by atoms with Crippen LogP contribution in [0.4, 0.5) is 15.8 Å². The molecule has 1 atom stereocenters. The lowest BCUT2D eigenvalue weighted by Crippen LogP contribution is -2.39. The summed E-state index contributed by atoms with van der Waals surface area (Å²) in [6.07, 6.45) is 0. The van der Waals surface area contributed by atoms with E-state index in [1.165, 1.54) is 6.07 Å². The van der Waals surface area contributed by atoms with Crippen LogP contribution >= 0.6 is 0 Å². The second-order valence-corrected chi connectivity index (χ2v) is 3.48. The number of anilines is 2. The highest BCUT2D eigenvalue weighted by atomic mass is 19.1.